The number of aromatic amines is 1. The highest BCUT2D eigenvalue weighted by Crippen LogP contribution is 2.46. The van der Waals surface area contributed by atoms with Crippen molar-refractivity contribution in [2.75, 3.05) is 6.79 Å². The van der Waals surface area contributed by atoms with Crippen LogP contribution in [-0.4, -0.2) is 22.0 Å². The van der Waals surface area contributed by atoms with Crippen LogP contribution < -0.4 is 19.9 Å². The summed E-state index contributed by atoms with van der Waals surface area (Å²) in [6.07, 6.45) is 3.35. The number of allylic oxidation sites excluding steroid dienone is 1. The molecule has 1 atom stereocenters. The highest BCUT2D eigenvalue weighted by molar-refractivity contribution is 5.73. The molecule has 1 aromatic carbocycles. The van der Waals surface area contributed by atoms with Gasteiger partial charge in [-0.2, -0.15) is 5.26 Å². The number of H-pyrrole nitrogens is 1. The largest absolute Gasteiger partial charge is 0.454 e. The molecule has 8 heteroatoms. The summed E-state index contributed by atoms with van der Waals surface area (Å²) in [5.41, 5.74) is 9.50. The molecule has 0 spiro atoms. The lowest BCUT2D eigenvalue weighted by atomic mass is 9.83. The maximum absolute atomic E-state index is 9.69. The Bertz CT molecular complexity index is 1110. The molecule has 0 amide bonds. The average Bonchev–Trinajstić information content (AvgIpc) is 3.33. The second-order valence-electron chi connectivity index (χ2n) is 6.09. The molecule has 2 aliphatic rings. The average molecular weight is 359 g/mol. The molecule has 0 unspecified atom stereocenters. The van der Waals surface area contributed by atoms with Gasteiger partial charge in [-0.1, -0.05) is 0 Å². The summed E-state index contributed by atoms with van der Waals surface area (Å²) >= 11 is 0. The summed E-state index contributed by atoms with van der Waals surface area (Å²) in [4.78, 5) is 4.06. The van der Waals surface area contributed by atoms with Crippen LogP contribution in [0.5, 0.6) is 17.4 Å². The van der Waals surface area contributed by atoms with Gasteiger partial charge in [-0.05, 0) is 35.9 Å². The summed E-state index contributed by atoms with van der Waals surface area (Å²) in [5, 5.41) is 17.0. The van der Waals surface area contributed by atoms with Crippen molar-refractivity contribution in [2.24, 2.45) is 5.73 Å². The van der Waals surface area contributed by atoms with E-state index in [1.807, 2.05) is 30.3 Å². The van der Waals surface area contributed by atoms with Crippen LogP contribution in [0.15, 0.2) is 54.2 Å². The first kappa shape index (κ1) is 15.3. The molecule has 132 valence electrons. The Kier molecular flexibility index (Phi) is 3.27. The van der Waals surface area contributed by atoms with Crippen molar-refractivity contribution in [2.45, 2.75) is 5.92 Å². The van der Waals surface area contributed by atoms with Crippen molar-refractivity contribution in [3.8, 4) is 34.7 Å². The fraction of sp³-hybridized carbons (Fsp3) is 0.105. The summed E-state index contributed by atoms with van der Waals surface area (Å²) in [5.74, 6) is 1.33. The molecular formula is C19H13N5O3. The lowest BCUT2D eigenvalue weighted by Crippen LogP contribution is -2.21. The Hall–Kier alpha value is -3.99. The number of aromatic nitrogens is 3. The Morgan fingerprint density at radius 2 is 1.96 bits per heavy atom. The third-order valence-corrected chi connectivity index (χ3v) is 4.64. The van der Waals surface area contributed by atoms with Gasteiger partial charge in [0.2, 0.25) is 18.6 Å². The molecule has 0 radical (unpaired) electrons. The van der Waals surface area contributed by atoms with Gasteiger partial charge in [-0.15, -0.1) is 5.10 Å². The first-order valence-electron chi connectivity index (χ1n) is 8.22. The van der Waals surface area contributed by atoms with Crippen LogP contribution in [0, 0.1) is 11.3 Å². The van der Waals surface area contributed by atoms with Gasteiger partial charge in [0.15, 0.2) is 11.5 Å². The van der Waals surface area contributed by atoms with Crippen molar-refractivity contribution in [3.63, 3.8) is 0 Å². The minimum Gasteiger partial charge on any atom is -0.454 e. The lowest BCUT2D eigenvalue weighted by Gasteiger charge is -2.24. The lowest BCUT2D eigenvalue weighted by molar-refractivity contribution is 0.174. The molecule has 5 rings (SSSR count). The van der Waals surface area contributed by atoms with Crippen LogP contribution in [0.4, 0.5) is 0 Å². The molecule has 4 heterocycles. The van der Waals surface area contributed by atoms with Crippen LogP contribution >= 0.6 is 0 Å². The topological polar surface area (TPSA) is 119 Å². The highest BCUT2D eigenvalue weighted by Gasteiger charge is 2.35. The molecule has 27 heavy (non-hydrogen) atoms. The van der Waals surface area contributed by atoms with Crippen molar-refractivity contribution < 1.29 is 14.2 Å². The number of rotatable bonds is 2. The van der Waals surface area contributed by atoms with Gasteiger partial charge >= 0.3 is 0 Å². The molecular weight excluding hydrogens is 346 g/mol. The predicted molar refractivity (Wildman–Crippen MR) is 93.7 cm³/mol. The summed E-state index contributed by atoms with van der Waals surface area (Å²) in [6, 6.07) is 11.5. The van der Waals surface area contributed by atoms with Gasteiger partial charge < -0.3 is 19.9 Å². The van der Waals surface area contributed by atoms with Gasteiger partial charge in [-0.3, -0.25) is 10.1 Å². The highest BCUT2D eigenvalue weighted by atomic mass is 16.7. The zero-order chi connectivity index (χ0) is 18.4. The van der Waals surface area contributed by atoms with E-state index in [2.05, 4.69) is 21.3 Å². The first-order valence-corrected chi connectivity index (χ1v) is 8.22. The molecule has 2 aliphatic heterocycles. The molecule has 3 N–H and O–H groups in total. The zero-order valence-corrected chi connectivity index (χ0v) is 14.0. The molecule has 0 saturated heterocycles. The van der Waals surface area contributed by atoms with Crippen molar-refractivity contribution >= 4 is 0 Å². The Balaban J connectivity index is 1.71. The smallest absolute Gasteiger partial charge is 0.244 e. The Labute approximate surface area is 153 Å². The van der Waals surface area contributed by atoms with E-state index in [-0.39, 0.29) is 12.7 Å². The standard InChI is InChI=1S/C19H13N5O3/c20-8-12-15(10-3-5-22-6-4-10)16-17(23-24-19(16)27-18(12)21)11-1-2-13-14(7-11)26-9-25-13/h1-7,15H,9,21H2,(H,23,24)/t15-/m0/s1. The predicted octanol–water partition coefficient (Wildman–Crippen LogP) is 2.42. The minimum absolute atomic E-state index is 0.0514. The SMILES string of the molecule is N#CC1=C(N)Oc2n[nH]c(-c3ccc4c(c3)OCO4)c2[C@H]1c1ccncc1. The number of hydrogen-bond donors (Lipinski definition) is 2. The van der Waals surface area contributed by atoms with E-state index >= 15 is 0 Å². The fourth-order valence-corrected chi connectivity index (χ4v) is 3.41. The fourth-order valence-electron chi connectivity index (χ4n) is 3.41. The van der Waals surface area contributed by atoms with Crippen LogP contribution in [-0.2, 0) is 0 Å². The molecule has 0 saturated carbocycles. The van der Waals surface area contributed by atoms with E-state index in [0.717, 1.165) is 22.4 Å². The van der Waals surface area contributed by atoms with Crippen LogP contribution in [0.1, 0.15) is 17.0 Å². The van der Waals surface area contributed by atoms with E-state index in [1.54, 1.807) is 12.4 Å². The van der Waals surface area contributed by atoms with Crippen molar-refractivity contribution in [3.05, 3.63) is 65.3 Å². The van der Waals surface area contributed by atoms with Gasteiger partial charge in [0.05, 0.1) is 17.2 Å². The maximum atomic E-state index is 9.69. The Morgan fingerprint density at radius 1 is 1.15 bits per heavy atom. The molecule has 2 aromatic heterocycles. The summed E-state index contributed by atoms with van der Waals surface area (Å²) < 4.78 is 16.5. The first-order chi connectivity index (χ1) is 13.3. The van der Waals surface area contributed by atoms with Crippen LogP contribution in [0.3, 0.4) is 0 Å². The van der Waals surface area contributed by atoms with Crippen LogP contribution in [0.2, 0.25) is 0 Å². The van der Waals surface area contributed by atoms with Crippen LogP contribution in [0.25, 0.3) is 11.3 Å². The van der Waals surface area contributed by atoms with Gasteiger partial charge in [-0.25, -0.2) is 0 Å². The minimum atomic E-state index is -0.416. The third kappa shape index (κ3) is 2.29. The van der Waals surface area contributed by atoms with Gasteiger partial charge in [0.1, 0.15) is 11.6 Å². The molecule has 3 aromatic rings. The van der Waals surface area contributed by atoms with E-state index in [0.29, 0.717) is 23.0 Å². The number of nitriles is 1. The number of pyridine rings is 1. The van der Waals surface area contributed by atoms with Gasteiger partial charge in [0.25, 0.3) is 0 Å². The van der Waals surface area contributed by atoms with Crippen molar-refractivity contribution in [1.29, 1.82) is 5.26 Å². The molecule has 0 aliphatic carbocycles. The molecule has 0 bridgehead atoms. The second kappa shape index (κ2) is 5.78. The zero-order valence-electron chi connectivity index (χ0n) is 14.0. The Morgan fingerprint density at radius 3 is 2.78 bits per heavy atom. The summed E-state index contributed by atoms with van der Waals surface area (Å²) in [6.45, 7) is 0.195. The number of nitrogens with zero attached hydrogens (tertiary/aromatic N) is 3. The number of nitrogens with one attached hydrogen (secondary N) is 1. The molecule has 8 nitrogen and oxygen atoms in total. The maximum Gasteiger partial charge on any atom is 0.244 e. The number of hydrogen-bond acceptors (Lipinski definition) is 7. The van der Waals surface area contributed by atoms with E-state index in [1.165, 1.54) is 0 Å². The number of nitrogens with two attached hydrogens (primary N) is 1. The monoisotopic (exact) mass is 359 g/mol. The van der Waals surface area contributed by atoms with E-state index in [4.69, 9.17) is 19.9 Å². The van der Waals surface area contributed by atoms with E-state index in [9.17, 15) is 5.26 Å². The van der Waals surface area contributed by atoms with Gasteiger partial charge in [0, 0.05) is 18.0 Å². The number of fused-ring (bicyclic) bond motifs is 2. The van der Waals surface area contributed by atoms with E-state index < -0.39 is 5.92 Å². The third-order valence-electron chi connectivity index (χ3n) is 4.64. The van der Waals surface area contributed by atoms with Crippen molar-refractivity contribution in [1.82, 2.24) is 15.2 Å². The quantitative estimate of drug-likeness (QED) is 0.721. The normalized spacial score (nSPS) is 17.2. The number of benzene rings is 1. The number of ether oxygens (including phenoxy) is 3. The molecule has 0 fully saturated rings. The second-order valence-corrected chi connectivity index (χ2v) is 6.09. The summed E-state index contributed by atoms with van der Waals surface area (Å²) in [7, 11) is 0.